The van der Waals surface area contributed by atoms with Crippen molar-refractivity contribution >= 4 is 17.8 Å². The molecule has 2 atom stereocenters. The molecule has 0 radical (unpaired) electrons. The molecule has 0 spiro atoms. The summed E-state index contributed by atoms with van der Waals surface area (Å²) in [7, 11) is 3.16. The monoisotopic (exact) mass is 427 g/mol. The van der Waals surface area contributed by atoms with Crippen molar-refractivity contribution in [2.75, 3.05) is 27.3 Å². The molecular weight excluding hydrogens is 402 g/mol. The van der Waals surface area contributed by atoms with Gasteiger partial charge in [-0.25, -0.2) is 4.79 Å². The lowest BCUT2D eigenvalue weighted by Gasteiger charge is -2.28. The molecule has 31 heavy (non-hydrogen) atoms. The largest absolute Gasteiger partial charge is 0.497 e. The molecule has 1 aromatic carbocycles. The molecule has 1 aromatic heterocycles. The lowest BCUT2D eigenvalue weighted by atomic mass is 9.99. The van der Waals surface area contributed by atoms with Gasteiger partial charge in [0.25, 0.3) is 5.91 Å². The van der Waals surface area contributed by atoms with Crippen molar-refractivity contribution in [3.05, 3.63) is 47.9 Å². The zero-order valence-electron chi connectivity index (χ0n) is 17.7. The first-order valence-corrected chi connectivity index (χ1v) is 10.1. The number of methoxy groups -OCH3 is 2. The summed E-state index contributed by atoms with van der Waals surface area (Å²) >= 11 is 0. The van der Waals surface area contributed by atoms with Crippen LogP contribution in [0, 0.1) is 0 Å². The van der Waals surface area contributed by atoms with Crippen molar-refractivity contribution in [2.24, 2.45) is 0 Å². The van der Waals surface area contributed by atoms with Gasteiger partial charge >= 0.3 is 6.03 Å². The predicted molar refractivity (Wildman–Crippen MR) is 110 cm³/mol. The first-order chi connectivity index (χ1) is 14.9. The highest BCUT2D eigenvalue weighted by Gasteiger charge is 2.52. The number of urea groups is 1. The van der Waals surface area contributed by atoms with E-state index in [0.29, 0.717) is 23.8 Å². The predicted octanol–water partition coefficient (Wildman–Crippen LogP) is 2.43. The van der Waals surface area contributed by atoms with Gasteiger partial charge in [-0.05, 0) is 50.1 Å². The molecule has 0 aliphatic carbocycles. The fourth-order valence-electron chi connectivity index (χ4n) is 4.29. The number of ether oxygens (including phenoxy) is 2. The Balaban J connectivity index is 1.55. The molecule has 9 heteroatoms. The molecule has 0 unspecified atom stereocenters. The summed E-state index contributed by atoms with van der Waals surface area (Å²) in [5.41, 5.74) is -0.494. The highest BCUT2D eigenvalue weighted by Crippen LogP contribution is 2.39. The van der Waals surface area contributed by atoms with Crippen molar-refractivity contribution in [2.45, 2.75) is 31.3 Å². The number of nitrogens with one attached hydrogen (secondary N) is 1. The van der Waals surface area contributed by atoms with Crippen LogP contribution in [0.4, 0.5) is 4.79 Å². The smallest absolute Gasteiger partial charge is 0.325 e. The van der Waals surface area contributed by atoms with Gasteiger partial charge in [0.15, 0.2) is 5.54 Å². The first kappa shape index (κ1) is 20.8. The number of carbonyl (C=O) groups is 3. The van der Waals surface area contributed by atoms with Crippen LogP contribution in [0.3, 0.4) is 0 Å². The number of furan rings is 1. The number of rotatable bonds is 6. The molecule has 2 aliphatic rings. The van der Waals surface area contributed by atoms with E-state index in [1.54, 1.807) is 50.3 Å². The number of hydrogen-bond donors (Lipinski definition) is 1. The Morgan fingerprint density at radius 3 is 2.74 bits per heavy atom. The standard InChI is InChI=1S/C22H25N3O6/c1-22(18-7-5-11-31-18)20(27)25(21(28)23-22)13-19(26)24-10-4-6-16(24)15-12-14(29-2)8-9-17(15)30-3/h5,7-9,11-12,16H,4,6,10,13H2,1-3H3,(H,23,28)/t16-,22-/m1/s1. The zero-order valence-corrected chi connectivity index (χ0v) is 17.7. The van der Waals surface area contributed by atoms with Crippen LogP contribution in [0.2, 0.25) is 0 Å². The molecule has 4 amide bonds. The van der Waals surface area contributed by atoms with E-state index in [4.69, 9.17) is 13.9 Å². The van der Waals surface area contributed by atoms with Gasteiger partial charge in [0.2, 0.25) is 5.91 Å². The number of benzene rings is 1. The van der Waals surface area contributed by atoms with Gasteiger partial charge in [0.05, 0.1) is 26.5 Å². The molecule has 0 saturated carbocycles. The molecule has 1 N–H and O–H groups in total. The van der Waals surface area contributed by atoms with E-state index in [9.17, 15) is 14.4 Å². The summed E-state index contributed by atoms with van der Waals surface area (Å²) in [6.07, 6.45) is 2.99. The van der Waals surface area contributed by atoms with Crippen LogP contribution >= 0.6 is 0 Å². The van der Waals surface area contributed by atoms with Gasteiger partial charge in [-0.1, -0.05) is 0 Å². The van der Waals surface area contributed by atoms with Gasteiger partial charge in [-0.3, -0.25) is 14.5 Å². The van der Waals surface area contributed by atoms with Gasteiger partial charge in [-0.2, -0.15) is 0 Å². The van der Waals surface area contributed by atoms with E-state index >= 15 is 0 Å². The molecule has 2 aliphatic heterocycles. The Morgan fingerprint density at radius 2 is 2.06 bits per heavy atom. The van der Waals surface area contributed by atoms with Gasteiger partial charge < -0.3 is 24.1 Å². The Kier molecular flexibility index (Phi) is 5.34. The summed E-state index contributed by atoms with van der Waals surface area (Å²) in [4.78, 5) is 41.4. The third-order valence-electron chi connectivity index (χ3n) is 5.95. The normalized spacial score (nSPS) is 23.3. The molecule has 3 heterocycles. The third kappa shape index (κ3) is 3.49. The molecule has 9 nitrogen and oxygen atoms in total. The topological polar surface area (TPSA) is 101 Å². The molecule has 2 aromatic rings. The Labute approximate surface area is 179 Å². The molecule has 0 bridgehead atoms. The molecule has 4 rings (SSSR count). The van der Waals surface area contributed by atoms with Crippen LogP contribution in [-0.2, 0) is 15.1 Å². The molecule has 164 valence electrons. The summed E-state index contributed by atoms with van der Waals surface area (Å²) in [6, 6.07) is 7.88. The number of carbonyl (C=O) groups excluding carboxylic acids is 3. The fourth-order valence-corrected chi connectivity index (χ4v) is 4.29. The average molecular weight is 427 g/mol. The van der Waals surface area contributed by atoms with Gasteiger partial charge in [0.1, 0.15) is 23.8 Å². The fraction of sp³-hybridized carbons (Fsp3) is 0.409. The second-order valence-electron chi connectivity index (χ2n) is 7.78. The second-order valence-corrected chi connectivity index (χ2v) is 7.78. The van der Waals surface area contributed by atoms with Crippen LogP contribution in [0.5, 0.6) is 11.5 Å². The van der Waals surface area contributed by atoms with Crippen LogP contribution in [-0.4, -0.2) is 55.0 Å². The van der Waals surface area contributed by atoms with E-state index in [0.717, 1.165) is 23.3 Å². The Bertz CT molecular complexity index is 1000. The maximum absolute atomic E-state index is 13.2. The van der Waals surface area contributed by atoms with Crippen LogP contribution in [0.25, 0.3) is 0 Å². The Morgan fingerprint density at radius 1 is 1.26 bits per heavy atom. The maximum atomic E-state index is 13.2. The minimum atomic E-state index is -1.33. The van der Waals surface area contributed by atoms with Crippen LogP contribution in [0.15, 0.2) is 41.0 Å². The second kappa shape index (κ2) is 7.98. The SMILES string of the molecule is COc1ccc(OC)c([C@H]2CCCN2C(=O)CN2C(=O)N[C@](C)(c3ccco3)C2=O)c1. The number of hydrogen-bond acceptors (Lipinski definition) is 6. The van der Waals surface area contributed by atoms with E-state index < -0.39 is 17.5 Å². The summed E-state index contributed by atoms with van der Waals surface area (Å²) < 4.78 is 16.2. The molecule has 2 fully saturated rings. The minimum absolute atomic E-state index is 0.227. The van der Waals surface area contributed by atoms with Crippen LogP contribution in [0.1, 0.15) is 37.1 Å². The number of nitrogens with zero attached hydrogens (tertiary/aromatic N) is 2. The van der Waals surface area contributed by atoms with E-state index in [1.165, 1.54) is 6.26 Å². The van der Waals surface area contributed by atoms with Gasteiger partial charge in [0, 0.05) is 12.1 Å². The van der Waals surface area contributed by atoms with Crippen molar-refractivity contribution in [1.29, 1.82) is 0 Å². The van der Waals surface area contributed by atoms with E-state index in [2.05, 4.69) is 5.32 Å². The van der Waals surface area contributed by atoms with Crippen molar-refractivity contribution in [3.8, 4) is 11.5 Å². The first-order valence-electron chi connectivity index (χ1n) is 10.1. The number of amides is 4. The lowest BCUT2D eigenvalue weighted by Crippen LogP contribution is -2.44. The zero-order chi connectivity index (χ0) is 22.2. The highest BCUT2D eigenvalue weighted by atomic mass is 16.5. The van der Waals surface area contributed by atoms with E-state index in [-0.39, 0.29) is 18.5 Å². The highest BCUT2D eigenvalue weighted by molar-refractivity contribution is 6.08. The van der Waals surface area contributed by atoms with Crippen molar-refractivity contribution < 1.29 is 28.3 Å². The maximum Gasteiger partial charge on any atom is 0.325 e. The summed E-state index contributed by atoms with van der Waals surface area (Å²) in [6.45, 7) is 1.75. The van der Waals surface area contributed by atoms with Crippen molar-refractivity contribution in [1.82, 2.24) is 15.1 Å². The number of imide groups is 1. The molecular formula is C22H25N3O6. The average Bonchev–Trinajstić information content (AvgIpc) is 3.51. The van der Waals surface area contributed by atoms with Crippen molar-refractivity contribution in [3.63, 3.8) is 0 Å². The number of likely N-dealkylation sites (tertiary alicyclic amines) is 1. The van der Waals surface area contributed by atoms with E-state index in [1.807, 2.05) is 6.07 Å². The van der Waals surface area contributed by atoms with Gasteiger partial charge in [-0.15, -0.1) is 0 Å². The van der Waals surface area contributed by atoms with Crippen LogP contribution < -0.4 is 14.8 Å². The third-order valence-corrected chi connectivity index (χ3v) is 5.95. The minimum Gasteiger partial charge on any atom is -0.497 e. The summed E-state index contributed by atoms with van der Waals surface area (Å²) in [5, 5.41) is 2.64. The lowest BCUT2D eigenvalue weighted by molar-refractivity contribution is -0.139. The Hall–Kier alpha value is -3.49. The molecule has 2 saturated heterocycles. The quantitative estimate of drug-likeness (QED) is 0.711. The summed E-state index contributed by atoms with van der Waals surface area (Å²) in [5.74, 6) is 0.820.